The minimum atomic E-state index is -3.67. The summed E-state index contributed by atoms with van der Waals surface area (Å²) in [4.78, 5) is 0. The van der Waals surface area contributed by atoms with Gasteiger partial charge in [0.1, 0.15) is 16.8 Å². The Morgan fingerprint density at radius 3 is 2.56 bits per heavy atom. The number of ether oxygens (including phenoxy) is 1. The number of sulfonamides is 1. The third-order valence-corrected chi connectivity index (χ3v) is 6.38. The Morgan fingerprint density at radius 2 is 1.88 bits per heavy atom. The van der Waals surface area contributed by atoms with E-state index in [0.29, 0.717) is 12.0 Å². The van der Waals surface area contributed by atoms with Gasteiger partial charge in [-0.15, -0.1) is 0 Å². The molecule has 1 atom stereocenters. The van der Waals surface area contributed by atoms with Crippen molar-refractivity contribution >= 4 is 10.0 Å². The van der Waals surface area contributed by atoms with E-state index in [1.165, 1.54) is 4.31 Å². The predicted octanol–water partition coefficient (Wildman–Crippen LogP) is 3.70. The summed E-state index contributed by atoms with van der Waals surface area (Å²) in [6.45, 7) is -3.06. The summed E-state index contributed by atoms with van der Waals surface area (Å²) in [5, 5.41) is -0.693. The Kier molecular flexibility index (Phi) is 5.01. The van der Waals surface area contributed by atoms with E-state index >= 15 is 0 Å². The van der Waals surface area contributed by atoms with Crippen LogP contribution in [0.4, 0.5) is 13.2 Å². The number of nitrogens with zero attached hydrogens (tertiary/aromatic N) is 1. The van der Waals surface area contributed by atoms with Gasteiger partial charge in [-0.3, -0.25) is 0 Å². The fourth-order valence-electron chi connectivity index (χ4n) is 2.97. The third-order valence-electron chi connectivity index (χ3n) is 4.12. The molecule has 1 saturated heterocycles. The van der Waals surface area contributed by atoms with Gasteiger partial charge in [0.2, 0.25) is 10.0 Å². The molecule has 0 bridgehead atoms. The maximum Gasteiger partial charge on any atom is 0.387 e. The normalized spacial score (nSPS) is 20.1. The minimum absolute atomic E-state index is 0.0672. The molecule has 1 aliphatic rings. The Morgan fingerprint density at radius 1 is 1.16 bits per heavy atom. The lowest BCUT2D eigenvalue weighted by Gasteiger charge is -2.19. The third kappa shape index (κ3) is 3.80. The van der Waals surface area contributed by atoms with Crippen LogP contribution < -0.4 is 4.74 Å². The van der Waals surface area contributed by atoms with Gasteiger partial charge in [-0.1, -0.05) is 30.3 Å². The quantitative estimate of drug-likeness (QED) is 0.805. The maximum absolute atomic E-state index is 13.5. The van der Waals surface area contributed by atoms with E-state index in [4.69, 9.17) is 0 Å². The Hall–Kier alpha value is -2.06. The van der Waals surface area contributed by atoms with Gasteiger partial charge in [0.05, 0.1) is 0 Å². The number of rotatable bonds is 5. The molecule has 8 heteroatoms. The van der Waals surface area contributed by atoms with Crippen molar-refractivity contribution in [2.24, 2.45) is 0 Å². The van der Waals surface area contributed by atoms with Gasteiger partial charge in [0, 0.05) is 18.7 Å². The van der Waals surface area contributed by atoms with Crippen molar-refractivity contribution in [2.45, 2.75) is 24.8 Å². The van der Waals surface area contributed by atoms with E-state index in [1.807, 2.05) is 0 Å². The zero-order valence-corrected chi connectivity index (χ0v) is 13.9. The van der Waals surface area contributed by atoms with Gasteiger partial charge in [-0.25, -0.2) is 12.8 Å². The number of halogens is 3. The van der Waals surface area contributed by atoms with E-state index in [1.54, 1.807) is 30.3 Å². The molecule has 25 heavy (non-hydrogen) atoms. The summed E-state index contributed by atoms with van der Waals surface area (Å²) in [6, 6.07) is 11.9. The lowest BCUT2D eigenvalue weighted by Crippen LogP contribution is -2.26. The standard InChI is InChI=1S/C17H16F3NO3S/c18-14-6-7-15(24-17(19)20)13(10-14)11-21-9-8-16(25(21,22)23)12-4-2-1-3-5-12/h1-7,10,16-17H,8-9,11H2. The summed E-state index contributed by atoms with van der Waals surface area (Å²) in [5.74, 6) is -0.873. The number of hydrogen-bond donors (Lipinski definition) is 0. The molecule has 1 fully saturated rings. The van der Waals surface area contributed by atoms with Crippen molar-refractivity contribution in [3.63, 3.8) is 0 Å². The van der Waals surface area contributed by atoms with E-state index in [2.05, 4.69) is 4.74 Å². The second kappa shape index (κ2) is 7.05. The Labute approximate surface area is 143 Å². The monoisotopic (exact) mass is 371 g/mol. The molecule has 0 spiro atoms. The average molecular weight is 371 g/mol. The van der Waals surface area contributed by atoms with Gasteiger partial charge in [-0.05, 0) is 30.2 Å². The molecule has 0 aromatic heterocycles. The molecule has 0 aliphatic carbocycles. The smallest absolute Gasteiger partial charge is 0.387 e. The van der Waals surface area contributed by atoms with Crippen LogP contribution in [0.15, 0.2) is 48.5 Å². The van der Waals surface area contributed by atoms with E-state index in [0.717, 1.165) is 18.2 Å². The minimum Gasteiger partial charge on any atom is -0.434 e. The van der Waals surface area contributed by atoms with Crippen LogP contribution in [0, 0.1) is 5.82 Å². The number of alkyl halides is 2. The fraction of sp³-hybridized carbons (Fsp3) is 0.294. The van der Waals surface area contributed by atoms with Crippen LogP contribution in [-0.4, -0.2) is 25.9 Å². The first-order valence-electron chi connectivity index (χ1n) is 7.65. The van der Waals surface area contributed by atoms with Crippen molar-refractivity contribution in [3.8, 4) is 5.75 Å². The van der Waals surface area contributed by atoms with Crippen molar-refractivity contribution in [1.29, 1.82) is 0 Å². The first kappa shape index (κ1) is 17.8. The molecule has 1 heterocycles. The summed E-state index contributed by atoms with van der Waals surface area (Å²) in [7, 11) is -3.67. The fourth-order valence-corrected chi connectivity index (χ4v) is 4.91. The zero-order valence-electron chi connectivity index (χ0n) is 13.1. The van der Waals surface area contributed by atoms with Crippen LogP contribution in [0.2, 0.25) is 0 Å². The van der Waals surface area contributed by atoms with E-state index in [9.17, 15) is 21.6 Å². The molecule has 0 radical (unpaired) electrons. The summed E-state index contributed by atoms with van der Waals surface area (Å²) in [6.07, 6.45) is 0.382. The van der Waals surface area contributed by atoms with Gasteiger partial charge >= 0.3 is 6.61 Å². The highest BCUT2D eigenvalue weighted by atomic mass is 32.2. The molecular weight excluding hydrogens is 355 g/mol. The predicted molar refractivity (Wildman–Crippen MR) is 86.2 cm³/mol. The van der Waals surface area contributed by atoms with Crippen molar-refractivity contribution < 1.29 is 26.3 Å². The maximum atomic E-state index is 13.5. The van der Waals surface area contributed by atoms with Gasteiger partial charge in [0.15, 0.2) is 0 Å². The van der Waals surface area contributed by atoms with Crippen LogP contribution in [-0.2, 0) is 16.6 Å². The molecule has 1 aliphatic heterocycles. The second-order valence-corrected chi connectivity index (χ2v) is 7.81. The number of hydrogen-bond acceptors (Lipinski definition) is 3. The average Bonchev–Trinajstić information content (AvgIpc) is 2.85. The SMILES string of the molecule is O=S1(=O)C(c2ccccc2)CCN1Cc1cc(F)ccc1OC(F)F. The van der Waals surface area contributed by atoms with Crippen LogP contribution in [0.3, 0.4) is 0 Å². The molecule has 1 unspecified atom stereocenters. The highest BCUT2D eigenvalue weighted by molar-refractivity contribution is 7.89. The van der Waals surface area contributed by atoms with Gasteiger partial charge in [-0.2, -0.15) is 13.1 Å². The van der Waals surface area contributed by atoms with Crippen molar-refractivity contribution in [3.05, 3.63) is 65.5 Å². The highest BCUT2D eigenvalue weighted by Crippen LogP contribution is 2.37. The summed E-state index contributed by atoms with van der Waals surface area (Å²) >= 11 is 0. The van der Waals surface area contributed by atoms with Gasteiger partial charge < -0.3 is 4.74 Å². The summed E-state index contributed by atoms with van der Waals surface area (Å²) < 4.78 is 69.6. The first-order chi connectivity index (χ1) is 11.9. The molecule has 0 amide bonds. The molecule has 2 aromatic rings. The Bertz CT molecular complexity index is 843. The van der Waals surface area contributed by atoms with Gasteiger partial charge in [0.25, 0.3) is 0 Å². The molecular formula is C17H16F3NO3S. The van der Waals surface area contributed by atoms with E-state index in [-0.39, 0.29) is 24.4 Å². The molecule has 134 valence electrons. The lowest BCUT2D eigenvalue weighted by molar-refractivity contribution is -0.0506. The number of benzene rings is 2. The first-order valence-corrected chi connectivity index (χ1v) is 9.15. The zero-order chi connectivity index (χ0) is 18.0. The molecule has 4 nitrogen and oxygen atoms in total. The van der Waals surface area contributed by atoms with Crippen molar-refractivity contribution in [2.75, 3.05) is 6.54 Å². The largest absolute Gasteiger partial charge is 0.434 e. The highest BCUT2D eigenvalue weighted by Gasteiger charge is 2.39. The Balaban J connectivity index is 1.86. The van der Waals surface area contributed by atoms with Crippen LogP contribution in [0.5, 0.6) is 5.75 Å². The van der Waals surface area contributed by atoms with Crippen LogP contribution >= 0.6 is 0 Å². The van der Waals surface area contributed by atoms with Crippen molar-refractivity contribution in [1.82, 2.24) is 4.31 Å². The second-order valence-electron chi connectivity index (χ2n) is 5.70. The van der Waals surface area contributed by atoms with Crippen LogP contribution in [0.25, 0.3) is 0 Å². The topological polar surface area (TPSA) is 46.6 Å². The molecule has 0 saturated carbocycles. The molecule has 0 N–H and O–H groups in total. The summed E-state index contributed by atoms with van der Waals surface area (Å²) in [5.41, 5.74) is 0.742. The molecule has 3 rings (SSSR count). The van der Waals surface area contributed by atoms with Crippen LogP contribution in [0.1, 0.15) is 22.8 Å². The lowest BCUT2D eigenvalue weighted by atomic mass is 10.1. The van der Waals surface area contributed by atoms with E-state index < -0.39 is 27.7 Å². The molecule has 2 aromatic carbocycles.